The Bertz CT molecular complexity index is 1300. The van der Waals surface area contributed by atoms with Gasteiger partial charge in [-0.15, -0.1) is 0 Å². The van der Waals surface area contributed by atoms with Gasteiger partial charge in [0, 0.05) is 32.8 Å². The monoisotopic (exact) mass is 485 g/mol. The Labute approximate surface area is 183 Å². The summed E-state index contributed by atoms with van der Waals surface area (Å²) in [7, 11) is 0. The van der Waals surface area contributed by atoms with E-state index in [9.17, 15) is 5.26 Å². The Morgan fingerprint density at radius 2 is 1.76 bits per heavy atom. The van der Waals surface area contributed by atoms with Crippen LogP contribution in [0.5, 0.6) is 0 Å². The molecule has 0 spiro atoms. The number of para-hydroxylation sites is 1. The van der Waals surface area contributed by atoms with Crippen LogP contribution in [0.25, 0.3) is 22.6 Å². The Morgan fingerprint density at radius 3 is 2.52 bits per heavy atom. The molecule has 4 rings (SSSR count). The molecule has 0 radical (unpaired) electrons. The number of halogens is 1. The summed E-state index contributed by atoms with van der Waals surface area (Å²) in [5.41, 5.74) is 5.18. The van der Waals surface area contributed by atoms with Crippen LogP contribution in [0.2, 0.25) is 0 Å². The molecule has 0 aliphatic heterocycles. The van der Waals surface area contributed by atoms with Crippen molar-refractivity contribution < 1.29 is 0 Å². The third kappa shape index (κ3) is 4.08. The first-order valence-electron chi connectivity index (χ1n) is 9.12. The van der Waals surface area contributed by atoms with Gasteiger partial charge in [0.25, 0.3) is 0 Å². The molecule has 4 heteroatoms. The molecule has 0 aliphatic rings. The lowest BCUT2D eigenvalue weighted by molar-refractivity contribution is 0.836. The first-order valence-corrected chi connectivity index (χ1v) is 10.2. The molecular weight excluding hydrogens is 469 g/mol. The normalized spacial score (nSPS) is 11.2. The van der Waals surface area contributed by atoms with Gasteiger partial charge in [-0.25, -0.2) is 0 Å². The minimum Gasteiger partial charge on any atom is -0.342 e. The highest BCUT2D eigenvalue weighted by molar-refractivity contribution is 14.1. The molecule has 0 N–H and O–H groups in total. The Kier molecular flexibility index (Phi) is 5.46. The number of hydrogen-bond acceptors (Lipinski definition) is 2. The third-order valence-corrected chi connectivity index (χ3v) is 5.53. The fourth-order valence-electron chi connectivity index (χ4n) is 3.40. The predicted octanol–water partition coefficient (Wildman–Crippen LogP) is 6.23. The van der Waals surface area contributed by atoms with Crippen LogP contribution in [-0.4, -0.2) is 4.57 Å². The average molecular weight is 485 g/mol. The third-order valence-electron chi connectivity index (χ3n) is 4.81. The standard InChI is InChI=1S/C25H16IN3/c26-23-10-8-18(9-11-23)16-29-17-22(24-6-1-2-7-25(24)29)13-21(15-28)20-5-3-4-19(12-20)14-27/h1-13,17H,16H2/b21-13+. The second-order valence-corrected chi connectivity index (χ2v) is 7.96. The molecule has 1 aromatic heterocycles. The van der Waals surface area contributed by atoms with Gasteiger partial charge in [0.05, 0.1) is 23.3 Å². The lowest BCUT2D eigenvalue weighted by atomic mass is 10.0. The van der Waals surface area contributed by atoms with Crippen LogP contribution in [0.1, 0.15) is 22.3 Å². The lowest BCUT2D eigenvalue weighted by Crippen LogP contribution is -1.97. The van der Waals surface area contributed by atoms with Gasteiger partial charge >= 0.3 is 0 Å². The zero-order chi connectivity index (χ0) is 20.2. The lowest BCUT2D eigenvalue weighted by Gasteiger charge is -2.05. The number of allylic oxidation sites excluding steroid dienone is 1. The summed E-state index contributed by atoms with van der Waals surface area (Å²) in [4.78, 5) is 0. The fourth-order valence-corrected chi connectivity index (χ4v) is 3.76. The number of fused-ring (bicyclic) bond motifs is 1. The van der Waals surface area contributed by atoms with Crippen molar-refractivity contribution >= 4 is 45.1 Å². The topological polar surface area (TPSA) is 52.5 Å². The number of benzene rings is 3. The maximum Gasteiger partial charge on any atom is 0.0998 e. The van der Waals surface area contributed by atoms with Crippen LogP contribution < -0.4 is 0 Å². The molecule has 0 fully saturated rings. The average Bonchev–Trinajstić information content (AvgIpc) is 3.11. The van der Waals surface area contributed by atoms with Crippen LogP contribution >= 0.6 is 22.6 Å². The van der Waals surface area contributed by atoms with Gasteiger partial charge in [0.15, 0.2) is 0 Å². The van der Waals surface area contributed by atoms with Crippen molar-refractivity contribution in [3.8, 4) is 12.1 Å². The van der Waals surface area contributed by atoms with Crippen LogP contribution in [-0.2, 0) is 6.54 Å². The molecule has 0 amide bonds. The summed E-state index contributed by atoms with van der Waals surface area (Å²) in [5.74, 6) is 0. The number of aromatic nitrogens is 1. The van der Waals surface area contributed by atoms with E-state index in [0.29, 0.717) is 11.1 Å². The van der Waals surface area contributed by atoms with Gasteiger partial charge in [0.1, 0.15) is 0 Å². The van der Waals surface area contributed by atoms with Crippen molar-refractivity contribution in [1.29, 1.82) is 10.5 Å². The number of rotatable bonds is 4. The number of nitriles is 2. The minimum absolute atomic E-state index is 0.541. The number of hydrogen-bond donors (Lipinski definition) is 0. The molecule has 4 aromatic rings. The smallest absolute Gasteiger partial charge is 0.0998 e. The fraction of sp³-hybridized carbons (Fsp3) is 0.0400. The maximum absolute atomic E-state index is 9.74. The quantitative estimate of drug-likeness (QED) is 0.254. The van der Waals surface area contributed by atoms with Gasteiger partial charge < -0.3 is 4.57 Å². The van der Waals surface area contributed by atoms with Crippen molar-refractivity contribution in [3.63, 3.8) is 0 Å². The van der Waals surface area contributed by atoms with Gasteiger partial charge in [-0.05, 0) is 70.1 Å². The Balaban J connectivity index is 1.79. The molecule has 0 saturated carbocycles. The van der Waals surface area contributed by atoms with Crippen LogP contribution in [0.4, 0.5) is 0 Å². The molecule has 0 unspecified atom stereocenters. The molecule has 0 bridgehead atoms. The van der Waals surface area contributed by atoms with Crippen molar-refractivity contribution in [1.82, 2.24) is 4.57 Å². The van der Waals surface area contributed by atoms with Crippen LogP contribution in [0, 0.1) is 26.2 Å². The van der Waals surface area contributed by atoms with E-state index in [4.69, 9.17) is 5.26 Å². The van der Waals surface area contributed by atoms with Crippen molar-refractivity contribution in [2.75, 3.05) is 0 Å². The number of nitrogens with zero attached hydrogens (tertiary/aromatic N) is 3. The molecule has 138 valence electrons. The van der Waals surface area contributed by atoms with Crippen LogP contribution in [0.15, 0.2) is 79.0 Å². The highest BCUT2D eigenvalue weighted by Gasteiger charge is 2.10. The first-order chi connectivity index (χ1) is 14.2. The molecule has 1 heterocycles. The van der Waals surface area contributed by atoms with E-state index >= 15 is 0 Å². The Hall–Kier alpha value is -3.35. The highest BCUT2D eigenvalue weighted by Crippen LogP contribution is 2.27. The van der Waals surface area contributed by atoms with Gasteiger partial charge in [-0.3, -0.25) is 0 Å². The van der Waals surface area contributed by atoms with E-state index in [1.807, 2.05) is 24.3 Å². The second-order valence-electron chi connectivity index (χ2n) is 6.72. The summed E-state index contributed by atoms with van der Waals surface area (Å²) in [6.45, 7) is 0.761. The summed E-state index contributed by atoms with van der Waals surface area (Å²) in [6, 6.07) is 28.3. The largest absolute Gasteiger partial charge is 0.342 e. The minimum atomic E-state index is 0.541. The van der Waals surface area contributed by atoms with E-state index in [-0.39, 0.29) is 0 Å². The van der Waals surface area contributed by atoms with Crippen molar-refractivity contribution in [3.05, 3.63) is 105 Å². The van der Waals surface area contributed by atoms with E-state index in [0.717, 1.165) is 28.6 Å². The molecule has 0 saturated heterocycles. The van der Waals surface area contributed by atoms with E-state index < -0.39 is 0 Å². The highest BCUT2D eigenvalue weighted by atomic mass is 127. The summed E-state index contributed by atoms with van der Waals surface area (Å²) in [5, 5.41) is 20.0. The molecular formula is C25H16IN3. The van der Waals surface area contributed by atoms with Gasteiger partial charge in [-0.1, -0.05) is 42.5 Å². The summed E-state index contributed by atoms with van der Waals surface area (Å²) >= 11 is 2.31. The van der Waals surface area contributed by atoms with Crippen molar-refractivity contribution in [2.24, 2.45) is 0 Å². The SMILES string of the molecule is N#C/C(=C\c1cn(Cc2ccc(I)cc2)c2ccccc12)c1cccc(C#N)c1. The predicted molar refractivity (Wildman–Crippen MR) is 125 cm³/mol. The molecule has 3 nitrogen and oxygen atoms in total. The summed E-state index contributed by atoms with van der Waals surface area (Å²) < 4.78 is 3.43. The molecule has 3 aromatic carbocycles. The Morgan fingerprint density at radius 1 is 0.966 bits per heavy atom. The van der Waals surface area contributed by atoms with Gasteiger partial charge in [0.2, 0.25) is 0 Å². The van der Waals surface area contributed by atoms with E-state index in [2.05, 4.69) is 81.9 Å². The molecule has 0 aliphatic carbocycles. The molecule has 0 atom stereocenters. The summed E-state index contributed by atoms with van der Waals surface area (Å²) in [6.07, 6.45) is 4.00. The zero-order valence-electron chi connectivity index (χ0n) is 15.5. The second kappa shape index (κ2) is 8.34. The van der Waals surface area contributed by atoms with Crippen molar-refractivity contribution in [2.45, 2.75) is 6.54 Å². The molecule has 29 heavy (non-hydrogen) atoms. The van der Waals surface area contributed by atoms with Gasteiger partial charge in [-0.2, -0.15) is 10.5 Å². The zero-order valence-corrected chi connectivity index (χ0v) is 17.7. The first kappa shape index (κ1) is 19.0. The van der Waals surface area contributed by atoms with E-state index in [1.165, 1.54) is 9.13 Å². The van der Waals surface area contributed by atoms with Crippen LogP contribution in [0.3, 0.4) is 0 Å². The van der Waals surface area contributed by atoms with E-state index in [1.54, 1.807) is 18.2 Å². The maximum atomic E-state index is 9.74.